The predicted molar refractivity (Wildman–Crippen MR) is 224 cm³/mol. The number of hydrogen-bond donors (Lipinski definition) is 3. The lowest BCUT2D eigenvalue weighted by atomic mass is 10.0. The summed E-state index contributed by atoms with van der Waals surface area (Å²) in [5.41, 5.74) is 9.63. The molecule has 0 aliphatic carbocycles. The predicted octanol–water partition coefficient (Wildman–Crippen LogP) is 8.97. The first-order valence-corrected chi connectivity index (χ1v) is 19.4. The zero-order valence-corrected chi connectivity index (χ0v) is 35.3. The highest BCUT2D eigenvalue weighted by atomic mass is 79.9. The van der Waals surface area contributed by atoms with Crippen molar-refractivity contribution in [3.8, 4) is 17.4 Å². The molecule has 0 saturated carbocycles. The Kier molecular flexibility index (Phi) is 14.4. The summed E-state index contributed by atoms with van der Waals surface area (Å²) in [5, 5.41) is 2.29. The van der Waals surface area contributed by atoms with Crippen molar-refractivity contribution in [3.63, 3.8) is 0 Å². The normalized spacial score (nSPS) is 18.6. The van der Waals surface area contributed by atoms with E-state index < -0.39 is 0 Å². The van der Waals surface area contributed by atoms with Gasteiger partial charge in [-0.25, -0.2) is 30.9 Å². The fourth-order valence-corrected chi connectivity index (χ4v) is 6.59. The Morgan fingerprint density at radius 3 is 1.75 bits per heavy atom. The van der Waals surface area contributed by atoms with E-state index in [1.54, 1.807) is 37.5 Å². The second-order valence-electron chi connectivity index (χ2n) is 12.2. The number of imidazole rings is 2. The standard InChI is InChI=1S/C19H17Cl2N5O2.C16H15BrClN3O2.C3H3ClN2/c1-11-17(12-4-3-5-13(20)8-12)24-18(25-28-11)14-6-7-15(19(23-14)27-2)26-9-16(21)22-10-26;1-9-14(10-4-3-5-11(18)8-10)20-15(21-23-9)13-7-6-12(17)16(19-13)22-2;4-3-1-5-2-6-3/h3-11,17H,1-2H3,(H,24,25);3-9,14H,1-2H3,(H,20,21);1-2H,(H,5,6). The fraction of sp³-hybridized carbons (Fsp3) is 0.211. The molecule has 19 heteroatoms. The molecular formula is C38H35BrCl4N10O4. The van der Waals surface area contributed by atoms with Gasteiger partial charge in [0.2, 0.25) is 11.8 Å². The lowest BCUT2D eigenvalue weighted by Gasteiger charge is -2.28. The molecule has 4 atom stereocenters. The summed E-state index contributed by atoms with van der Waals surface area (Å²) < 4.78 is 13.2. The average molecular weight is 917 g/mol. The van der Waals surface area contributed by atoms with E-state index in [1.165, 1.54) is 6.33 Å². The number of aromatic amines is 1. The van der Waals surface area contributed by atoms with Crippen LogP contribution in [-0.2, 0) is 9.68 Å². The lowest BCUT2D eigenvalue weighted by Crippen LogP contribution is -2.38. The molecule has 14 nitrogen and oxygen atoms in total. The van der Waals surface area contributed by atoms with Crippen LogP contribution in [0.1, 0.15) is 48.4 Å². The summed E-state index contributed by atoms with van der Waals surface area (Å²) in [6.07, 6.45) is 6.05. The number of halogens is 5. The number of amidine groups is 2. The number of H-pyrrole nitrogens is 1. The van der Waals surface area contributed by atoms with Gasteiger partial charge < -0.3 is 14.5 Å². The minimum absolute atomic E-state index is 0.130. The summed E-state index contributed by atoms with van der Waals surface area (Å²) in [6.45, 7) is 3.90. The molecule has 0 fully saturated rings. The Morgan fingerprint density at radius 1 is 0.737 bits per heavy atom. The largest absolute Gasteiger partial charge is 0.480 e. The van der Waals surface area contributed by atoms with Gasteiger partial charge in [-0.3, -0.25) is 24.2 Å². The van der Waals surface area contributed by atoms with Crippen LogP contribution < -0.4 is 20.4 Å². The van der Waals surface area contributed by atoms with Gasteiger partial charge in [0.15, 0.2) is 11.7 Å². The first-order valence-electron chi connectivity index (χ1n) is 17.1. The van der Waals surface area contributed by atoms with Crippen LogP contribution in [0.5, 0.6) is 11.8 Å². The summed E-state index contributed by atoms with van der Waals surface area (Å²) in [7, 11) is 3.12. The highest BCUT2D eigenvalue weighted by Gasteiger charge is 2.28. The smallest absolute Gasteiger partial charge is 0.238 e. The number of benzene rings is 2. The van der Waals surface area contributed by atoms with Crippen molar-refractivity contribution < 1.29 is 19.1 Å². The number of nitrogens with one attached hydrogen (secondary N) is 3. The number of nitrogens with zero attached hydrogens (tertiary/aromatic N) is 7. The van der Waals surface area contributed by atoms with Gasteiger partial charge in [-0.15, -0.1) is 0 Å². The van der Waals surface area contributed by atoms with Crippen LogP contribution in [0.25, 0.3) is 5.69 Å². The topological polar surface area (TPSA) is 158 Å². The van der Waals surface area contributed by atoms with E-state index in [4.69, 9.17) is 75.5 Å². The molecule has 0 saturated heterocycles. The third-order valence-corrected chi connectivity index (χ3v) is 9.78. The van der Waals surface area contributed by atoms with Crippen molar-refractivity contribution in [2.45, 2.75) is 38.1 Å². The van der Waals surface area contributed by atoms with E-state index in [2.05, 4.69) is 51.8 Å². The Balaban J connectivity index is 0.000000170. The second-order valence-corrected chi connectivity index (χ2v) is 14.7. The van der Waals surface area contributed by atoms with Crippen LogP contribution in [0.3, 0.4) is 0 Å². The van der Waals surface area contributed by atoms with Crippen molar-refractivity contribution in [1.29, 1.82) is 0 Å². The van der Waals surface area contributed by atoms with Crippen molar-refractivity contribution in [2.75, 3.05) is 14.2 Å². The number of aromatic nitrogens is 6. The molecule has 57 heavy (non-hydrogen) atoms. The number of rotatable bonds is 7. The highest BCUT2D eigenvalue weighted by molar-refractivity contribution is 9.10. The number of hydrogen-bond acceptors (Lipinski definition) is 12. The van der Waals surface area contributed by atoms with E-state index in [9.17, 15) is 0 Å². The van der Waals surface area contributed by atoms with E-state index in [0.717, 1.165) is 15.6 Å². The van der Waals surface area contributed by atoms with Gasteiger partial charge in [0.05, 0.1) is 31.2 Å². The number of hydroxylamine groups is 2. The Morgan fingerprint density at radius 2 is 1.30 bits per heavy atom. The quantitative estimate of drug-likeness (QED) is 0.141. The molecule has 2 aromatic carbocycles. The summed E-state index contributed by atoms with van der Waals surface area (Å²) >= 11 is 26.8. The van der Waals surface area contributed by atoms with E-state index in [1.807, 2.05) is 86.6 Å². The Bertz CT molecular complexity index is 2350. The van der Waals surface area contributed by atoms with Crippen molar-refractivity contribution in [1.82, 2.24) is 40.4 Å². The van der Waals surface area contributed by atoms with Gasteiger partial charge in [-0.1, -0.05) is 70.7 Å². The van der Waals surface area contributed by atoms with Gasteiger partial charge in [-0.2, -0.15) is 0 Å². The van der Waals surface area contributed by atoms with Gasteiger partial charge in [0, 0.05) is 16.2 Å². The van der Waals surface area contributed by atoms with Crippen LogP contribution >= 0.6 is 62.3 Å². The van der Waals surface area contributed by atoms with Crippen LogP contribution in [0.4, 0.5) is 0 Å². The van der Waals surface area contributed by atoms with E-state index in [0.29, 0.717) is 60.9 Å². The third-order valence-electron chi connectivity index (χ3n) is 8.31. The van der Waals surface area contributed by atoms with Gasteiger partial charge >= 0.3 is 0 Å². The van der Waals surface area contributed by atoms with Crippen LogP contribution in [0.15, 0.2) is 112 Å². The molecule has 0 bridgehead atoms. The van der Waals surface area contributed by atoms with Crippen LogP contribution in [0.2, 0.25) is 20.4 Å². The molecule has 6 heterocycles. The van der Waals surface area contributed by atoms with Crippen molar-refractivity contribution in [3.05, 3.63) is 145 Å². The van der Waals surface area contributed by atoms with Gasteiger partial charge in [-0.05, 0) is 89.4 Å². The molecule has 3 N–H and O–H groups in total. The second kappa shape index (κ2) is 19.6. The number of ether oxygens (including phenoxy) is 2. The minimum atomic E-state index is -0.213. The first kappa shape index (κ1) is 41.9. The van der Waals surface area contributed by atoms with Crippen LogP contribution in [0, 0.1) is 0 Å². The molecule has 4 unspecified atom stereocenters. The maximum Gasteiger partial charge on any atom is 0.238 e. The molecule has 8 rings (SSSR count). The van der Waals surface area contributed by atoms with Gasteiger partial charge in [0.25, 0.3) is 0 Å². The number of pyridine rings is 2. The zero-order chi connectivity index (χ0) is 40.5. The third kappa shape index (κ3) is 10.8. The maximum atomic E-state index is 6.13. The molecule has 0 amide bonds. The average Bonchev–Trinajstić information content (AvgIpc) is 3.89. The summed E-state index contributed by atoms with van der Waals surface area (Å²) in [5.74, 6) is 1.97. The zero-order valence-electron chi connectivity index (χ0n) is 30.7. The number of aliphatic imine (C=N–C) groups is 2. The molecule has 4 aromatic heterocycles. The minimum Gasteiger partial charge on any atom is -0.480 e. The molecule has 296 valence electrons. The van der Waals surface area contributed by atoms with E-state index >= 15 is 0 Å². The number of methoxy groups -OCH3 is 2. The Hall–Kier alpha value is -4.74. The van der Waals surface area contributed by atoms with Gasteiger partial charge in [0.1, 0.15) is 58.0 Å². The molecule has 2 aliphatic heterocycles. The molecule has 6 aromatic rings. The van der Waals surface area contributed by atoms with Crippen molar-refractivity contribution >= 4 is 74.0 Å². The Labute approximate surface area is 356 Å². The van der Waals surface area contributed by atoms with Crippen LogP contribution in [-0.4, -0.2) is 67.6 Å². The maximum absolute atomic E-state index is 6.13. The monoisotopic (exact) mass is 914 g/mol. The molecular weight excluding hydrogens is 882 g/mol. The SMILES string of the molecule is COc1nc(C2=NC(c3cccc(Cl)c3)C(C)ON2)ccc1-n1cnc(Cl)c1.COc1nc(C2=NC(c3cccc(Cl)c3)C(C)ON2)ccc1Br.Clc1cnc[nH]1. The van der Waals surface area contributed by atoms with Crippen molar-refractivity contribution in [2.24, 2.45) is 9.98 Å². The first-order chi connectivity index (χ1) is 27.5. The lowest BCUT2D eigenvalue weighted by molar-refractivity contribution is -0.00484. The summed E-state index contributed by atoms with van der Waals surface area (Å²) in [6, 6.07) is 22.2. The molecule has 0 spiro atoms. The fourth-order valence-electron chi connectivity index (χ4n) is 5.56. The molecule has 0 radical (unpaired) electrons. The summed E-state index contributed by atoms with van der Waals surface area (Å²) in [4.78, 5) is 40.2. The molecule has 2 aliphatic rings. The van der Waals surface area contributed by atoms with E-state index in [-0.39, 0.29) is 24.3 Å². The highest BCUT2D eigenvalue weighted by Crippen LogP contribution is 2.31.